The van der Waals surface area contributed by atoms with Gasteiger partial charge in [0, 0.05) is 0 Å². The van der Waals surface area contributed by atoms with Crippen LogP contribution in [0.25, 0.3) is 0 Å². The molecule has 8 aliphatic carbocycles. The van der Waals surface area contributed by atoms with Crippen molar-refractivity contribution in [3.05, 3.63) is 0 Å². The van der Waals surface area contributed by atoms with Crippen molar-refractivity contribution in [1.82, 2.24) is 0 Å². The molecule has 392 valence electrons. The summed E-state index contributed by atoms with van der Waals surface area (Å²) in [6.07, 6.45) is 48.0. The minimum Gasteiger partial charge on any atom is -0.0776 e. The molecular formula is C59H156. The molecule has 0 nitrogen and oxygen atoms in total. The molecule has 0 aromatic heterocycles. The topological polar surface area (TPSA) is 0 Å². The van der Waals surface area contributed by atoms with Gasteiger partial charge in [-0.15, -0.1) is 0 Å². The predicted molar refractivity (Wildman–Crippen MR) is 313 cm³/mol. The highest BCUT2D eigenvalue weighted by atomic mass is 14.0. The molecule has 0 amide bonds. The Morgan fingerprint density at radius 3 is 0.102 bits per heavy atom. The van der Waals surface area contributed by atoms with Gasteiger partial charge in [-0.1, -0.05) is 398 Å². The van der Waals surface area contributed by atoms with Crippen LogP contribution in [0, 0.1) is 0 Å². The van der Waals surface area contributed by atoms with Gasteiger partial charge in [-0.25, -0.2) is 0 Å². The van der Waals surface area contributed by atoms with Crippen LogP contribution in [0.15, 0.2) is 0 Å². The smallest absolute Gasteiger partial charge is 0.0533 e. The highest BCUT2D eigenvalue weighted by molar-refractivity contribution is 4.53. The van der Waals surface area contributed by atoms with E-state index >= 15 is 0 Å². The predicted octanol–water partition coefficient (Wildman–Crippen LogP) is 27.7. The summed E-state index contributed by atoms with van der Waals surface area (Å²) in [5.41, 5.74) is 0. The van der Waals surface area contributed by atoms with Crippen LogP contribution in [0.3, 0.4) is 0 Å². The van der Waals surface area contributed by atoms with Crippen LogP contribution in [0.5, 0.6) is 0 Å². The number of hydrogen-bond acceptors (Lipinski definition) is 0. The fraction of sp³-hybridized carbons (Fsp3) is 1.00. The molecular weight excluding hydrogens is 709 g/mol. The third-order valence-electron chi connectivity index (χ3n) is 8.00. The zero-order chi connectivity index (χ0) is 38.6. The van der Waals surface area contributed by atoms with E-state index < -0.39 is 0 Å². The van der Waals surface area contributed by atoms with Crippen LogP contribution in [-0.2, 0) is 0 Å². The summed E-state index contributed by atoms with van der Waals surface area (Å²) in [6.45, 7) is 32.0. The van der Waals surface area contributed by atoms with Gasteiger partial charge in [0.05, 0.1) is 0 Å². The molecule has 8 aliphatic rings. The Morgan fingerprint density at radius 2 is 0.102 bits per heavy atom. The summed E-state index contributed by atoms with van der Waals surface area (Å²) in [7, 11) is 0. The molecule has 0 spiro atoms. The van der Waals surface area contributed by atoms with Crippen molar-refractivity contribution in [1.29, 1.82) is 0 Å². The first-order valence-electron chi connectivity index (χ1n) is 24.0. The summed E-state index contributed by atoms with van der Waals surface area (Å²) in [5.74, 6) is 0. The quantitative estimate of drug-likeness (QED) is 0.228. The minimum atomic E-state index is 0. The lowest BCUT2D eigenvalue weighted by atomic mass is 10.0. The lowest BCUT2D eigenvalue weighted by Crippen LogP contribution is -1.85. The summed E-state index contributed by atoms with van der Waals surface area (Å²) >= 11 is 0. The SMILES string of the molecule is C.C.C.C.C.C.C.C.C.C.C.C1CCC1.C1CCC1.C1CCC1.C1CCC1.C1CCC1.C1CCC1.C1CCC1.C1CCC1.CC.CC.CC.CC.CC.CC.CC.CC. The first-order valence-corrected chi connectivity index (χ1v) is 24.0. The van der Waals surface area contributed by atoms with Crippen molar-refractivity contribution in [2.45, 2.75) is 398 Å². The Bertz CT molecular complexity index is 160. The fourth-order valence-electron chi connectivity index (χ4n) is 2.00. The van der Waals surface area contributed by atoms with E-state index in [0.717, 1.165) is 0 Å². The van der Waals surface area contributed by atoms with E-state index in [-0.39, 0.29) is 81.7 Å². The number of rotatable bonds is 0. The van der Waals surface area contributed by atoms with Gasteiger partial charge in [-0.3, -0.25) is 0 Å². The molecule has 0 heteroatoms. The normalized spacial score (nSPS) is 13.8. The maximum Gasteiger partial charge on any atom is -0.0533 e. The summed E-state index contributed by atoms with van der Waals surface area (Å²) in [6, 6.07) is 0. The van der Waals surface area contributed by atoms with E-state index in [9.17, 15) is 0 Å². The third kappa shape index (κ3) is 178. The molecule has 0 atom stereocenters. The molecule has 0 saturated heterocycles. The van der Waals surface area contributed by atoms with Crippen molar-refractivity contribution in [2.24, 2.45) is 0 Å². The van der Waals surface area contributed by atoms with E-state index in [1.807, 2.05) is 111 Å². The van der Waals surface area contributed by atoms with Gasteiger partial charge in [0.1, 0.15) is 0 Å². The highest BCUT2D eigenvalue weighted by Gasteiger charge is 1.98. The molecule has 0 aliphatic heterocycles. The second-order valence-electron chi connectivity index (χ2n) is 11.3. The van der Waals surface area contributed by atoms with E-state index in [4.69, 9.17) is 0 Å². The molecule has 8 fully saturated rings. The summed E-state index contributed by atoms with van der Waals surface area (Å²) in [4.78, 5) is 0. The van der Waals surface area contributed by atoms with Gasteiger partial charge in [-0.2, -0.15) is 0 Å². The Kier molecular flexibility index (Phi) is 387. The molecule has 8 saturated carbocycles. The summed E-state index contributed by atoms with van der Waals surface area (Å²) in [5, 5.41) is 0. The molecule has 0 heterocycles. The third-order valence-corrected chi connectivity index (χ3v) is 8.00. The Balaban J connectivity index is -0.0000000170. The van der Waals surface area contributed by atoms with Crippen molar-refractivity contribution in [2.75, 3.05) is 0 Å². The van der Waals surface area contributed by atoms with Crippen molar-refractivity contribution in [3.8, 4) is 0 Å². The van der Waals surface area contributed by atoms with Crippen LogP contribution in [0.4, 0.5) is 0 Å². The van der Waals surface area contributed by atoms with Crippen LogP contribution in [-0.4, -0.2) is 0 Å². The van der Waals surface area contributed by atoms with E-state index in [1.54, 1.807) is 0 Å². The molecule has 8 rings (SSSR count). The van der Waals surface area contributed by atoms with Gasteiger partial charge in [0.15, 0.2) is 0 Å². The minimum absolute atomic E-state index is 0. The lowest BCUT2D eigenvalue weighted by molar-refractivity contribution is 0.504. The van der Waals surface area contributed by atoms with Crippen LogP contribution in [0.1, 0.15) is 398 Å². The van der Waals surface area contributed by atoms with E-state index in [0.29, 0.717) is 0 Å². The lowest BCUT2D eigenvalue weighted by Gasteiger charge is -2.05. The van der Waals surface area contributed by atoms with E-state index in [2.05, 4.69) is 0 Å². The standard InChI is InChI=1S/8C4H8.8C2H6.11CH4/c8*1-2-4-3-1;8*1-2;;;;;;;;;;;/h8*1-4H2;8*1-2H3;11*1H4. The van der Waals surface area contributed by atoms with Gasteiger partial charge < -0.3 is 0 Å². The zero-order valence-electron chi connectivity index (χ0n) is 38.6. The molecule has 0 aromatic rings. The first-order chi connectivity index (χ1) is 24.0. The average Bonchev–Trinajstić information content (AvgIpc) is 2.90. The molecule has 59 heavy (non-hydrogen) atoms. The Hall–Kier alpha value is 0. The van der Waals surface area contributed by atoms with Crippen molar-refractivity contribution in [3.63, 3.8) is 0 Å². The summed E-state index contributed by atoms with van der Waals surface area (Å²) < 4.78 is 0. The highest BCUT2D eigenvalue weighted by Crippen LogP contribution is 2.17. The van der Waals surface area contributed by atoms with Crippen LogP contribution in [0.2, 0.25) is 0 Å². The monoisotopic (exact) mass is 865 g/mol. The molecule has 0 N–H and O–H groups in total. The molecule has 0 aromatic carbocycles. The average molecular weight is 866 g/mol. The molecule has 0 bridgehead atoms. The first kappa shape index (κ1) is 124. The Morgan fingerprint density at radius 1 is 0.0847 bits per heavy atom. The zero-order valence-corrected chi connectivity index (χ0v) is 38.6. The van der Waals surface area contributed by atoms with Gasteiger partial charge in [-0.05, 0) is 0 Å². The maximum atomic E-state index is 2.00. The molecule has 0 radical (unpaired) electrons. The van der Waals surface area contributed by atoms with Crippen LogP contribution >= 0.6 is 0 Å². The van der Waals surface area contributed by atoms with E-state index in [1.165, 1.54) is 205 Å². The molecule has 0 unspecified atom stereocenters. The Labute approximate surface area is 396 Å². The maximum absolute atomic E-state index is 2.00. The van der Waals surface area contributed by atoms with Crippen molar-refractivity contribution < 1.29 is 0 Å². The largest absolute Gasteiger partial charge is 0.0776 e. The fourth-order valence-corrected chi connectivity index (χ4v) is 2.00. The second kappa shape index (κ2) is 184. The number of hydrogen-bond donors (Lipinski definition) is 0. The van der Waals surface area contributed by atoms with Crippen molar-refractivity contribution >= 4 is 0 Å². The van der Waals surface area contributed by atoms with Gasteiger partial charge >= 0.3 is 0 Å². The van der Waals surface area contributed by atoms with Gasteiger partial charge in [0.2, 0.25) is 0 Å². The van der Waals surface area contributed by atoms with Gasteiger partial charge in [0.25, 0.3) is 0 Å². The van der Waals surface area contributed by atoms with Crippen LogP contribution < -0.4 is 0 Å². The second-order valence-corrected chi connectivity index (χ2v) is 11.3.